The lowest BCUT2D eigenvalue weighted by molar-refractivity contribution is -0.133. The highest BCUT2D eigenvalue weighted by Gasteiger charge is 2.25. The fourth-order valence-corrected chi connectivity index (χ4v) is 2.99. The minimum Gasteiger partial charge on any atom is -0.350 e. The van der Waals surface area contributed by atoms with Gasteiger partial charge in [-0.25, -0.2) is 0 Å². The van der Waals surface area contributed by atoms with Crippen molar-refractivity contribution in [2.45, 2.75) is 26.7 Å². The minimum absolute atomic E-state index is 0.124. The zero-order chi connectivity index (χ0) is 15.4. The Morgan fingerprint density at radius 2 is 2.00 bits per heavy atom. The molecule has 6 nitrogen and oxygen atoms in total. The predicted octanol–water partition coefficient (Wildman–Crippen LogP) is 1.04. The van der Waals surface area contributed by atoms with Gasteiger partial charge in [-0.15, -0.1) is 0 Å². The van der Waals surface area contributed by atoms with E-state index in [-0.39, 0.29) is 11.8 Å². The van der Waals surface area contributed by atoms with Gasteiger partial charge in [0, 0.05) is 39.3 Å². The summed E-state index contributed by atoms with van der Waals surface area (Å²) in [5.74, 6) is 1.05. The Morgan fingerprint density at radius 1 is 1.33 bits per heavy atom. The number of likely N-dealkylation sites (tertiary alicyclic amines) is 1. The third kappa shape index (κ3) is 4.06. The Kier molecular flexibility index (Phi) is 4.98. The lowest BCUT2D eigenvalue weighted by atomic mass is 9.92. The van der Waals surface area contributed by atoms with E-state index >= 15 is 0 Å². The van der Waals surface area contributed by atoms with E-state index in [1.54, 1.807) is 19.3 Å². The van der Waals surface area contributed by atoms with Gasteiger partial charge in [0.2, 0.25) is 5.91 Å². The number of piperidine rings is 1. The van der Waals surface area contributed by atoms with Crippen molar-refractivity contribution in [2.24, 2.45) is 18.9 Å². The molecule has 2 atom stereocenters. The molecule has 0 spiro atoms. The minimum atomic E-state index is -0.191. The maximum absolute atomic E-state index is 12.2. The molecule has 1 aromatic rings. The highest BCUT2D eigenvalue weighted by Crippen LogP contribution is 2.21. The Labute approximate surface area is 125 Å². The molecule has 0 aromatic carbocycles. The summed E-state index contributed by atoms with van der Waals surface area (Å²) in [6.07, 6.45) is 3.11. The summed E-state index contributed by atoms with van der Waals surface area (Å²) in [5.41, 5.74) is 0.502. The van der Waals surface area contributed by atoms with Crippen LogP contribution in [0.4, 0.5) is 0 Å². The zero-order valence-corrected chi connectivity index (χ0v) is 13.0. The Balaban J connectivity index is 1.77. The van der Waals surface area contributed by atoms with Crippen LogP contribution in [0.2, 0.25) is 0 Å². The summed E-state index contributed by atoms with van der Waals surface area (Å²) in [7, 11) is 1.72. The standard InChI is InChI=1S/C15H24N4O2/c1-11-8-12(2)10-19(9-11)14(20)5-6-16-15(21)13-4-7-17-18(13)3/h4,7,11-12H,5-6,8-10H2,1-3H3,(H,16,21)/t11-,12+. The van der Waals surface area contributed by atoms with Crippen LogP contribution in [0.3, 0.4) is 0 Å². The third-order valence-corrected chi connectivity index (χ3v) is 3.90. The van der Waals surface area contributed by atoms with Gasteiger partial charge in [0.1, 0.15) is 5.69 Å². The van der Waals surface area contributed by atoms with Gasteiger partial charge in [-0.05, 0) is 24.3 Å². The van der Waals surface area contributed by atoms with Crippen molar-refractivity contribution in [2.75, 3.05) is 19.6 Å². The maximum atomic E-state index is 12.2. The van der Waals surface area contributed by atoms with Crippen LogP contribution in [0.1, 0.15) is 37.2 Å². The molecule has 0 unspecified atom stereocenters. The fraction of sp³-hybridized carbons (Fsp3) is 0.667. The number of hydrogen-bond acceptors (Lipinski definition) is 3. The van der Waals surface area contributed by atoms with Crippen molar-refractivity contribution in [3.8, 4) is 0 Å². The Morgan fingerprint density at radius 3 is 2.57 bits per heavy atom. The van der Waals surface area contributed by atoms with Gasteiger partial charge in [0.05, 0.1) is 0 Å². The summed E-state index contributed by atoms with van der Waals surface area (Å²) in [4.78, 5) is 26.0. The third-order valence-electron chi connectivity index (χ3n) is 3.90. The van der Waals surface area contributed by atoms with Crippen LogP contribution in [-0.4, -0.2) is 46.1 Å². The molecule has 1 N–H and O–H groups in total. The molecule has 116 valence electrons. The molecule has 1 aliphatic rings. The van der Waals surface area contributed by atoms with Crippen LogP contribution in [-0.2, 0) is 11.8 Å². The molecule has 1 fully saturated rings. The molecular formula is C15H24N4O2. The molecule has 0 saturated carbocycles. The monoisotopic (exact) mass is 292 g/mol. The molecule has 0 radical (unpaired) electrons. The number of nitrogens with zero attached hydrogens (tertiary/aromatic N) is 3. The first-order valence-electron chi connectivity index (χ1n) is 7.51. The first-order valence-corrected chi connectivity index (χ1v) is 7.51. The van der Waals surface area contributed by atoms with Gasteiger partial charge in [-0.3, -0.25) is 14.3 Å². The van der Waals surface area contributed by atoms with Gasteiger partial charge in [-0.1, -0.05) is 13.8 Å². The molecule has 2 amide bonds. The highest BCUT2D eigenvalue weighted by atomic mass is 16.2. The lowest BCUT2D eigenvalue weighted by Gasteiger charge is -2.35. The predicted molar refractivity (Wildman–Crippen MR) is 79.7 cm³/mol. The number of rotatable bonds is 4. The number of amides is 2. The second kappa shape index (κ2) is 6.74. The first-order chi connectivity index (χ1) is 9.97. The summed E-state index contributed by atoms with van der Waals surface area (Å²) in [5, 5.41) is 6.72. The van der Waals surface area contributed by atoms with Crippen molar-refractivity contribution < 1.29 is 9.59 Å². The van der Waals surface area contributed by atoms with Gasteiger partial charge < -0.3 is 10.2 Å². The molecule has 1 aliphatic heterocycles. The van der Waals surface area contributed by atoms with Gasteiger partial charge >= 0.3 is 0 Å². The summed E-state index contributed by atoms with van der Waals surface area (Å²) >= 11 is 0. The Bertz CT molecular complexity index is 502. The van der Waals surface area contributed by atoms with E-state index in [9.17, 15) is 9.59 Å². The number of carbonyl (C=O) groups excluding carboxylic acids is 2. The molecular weight excluding hydrogens is 268 g/mol. The van der Waals surface area contributed by atoms with Crippen LogP contribution < -0.4 is 5.32 Å². The molecule has 0 bridgehead atoms. The van der Waals surface area contributed by atoms with E-state index in [1.807, 2.05) is 4.90 Å². The van der Waals surface area contributed by atoms with Gasteiger partial charge in [-0.2, -0.15) is 5.10 Å². The van der Waals surface area contributed by atoms with Crippen molar-refractivity contribution >= 4 is 11.8 Å². The van der Waals surface area contributed by atoms with Crippen molar-refractivity contribution in [1.29, 1.82) is 0 Å². The van der Waals surface area contributed by atoms with E-state index in [2.05, 4.69) is 24.3 Å². The normalized spacial score (nSPS) is 22.1. The van der Waals surface area contributed by atoms with Crippen LogP contribution in [0.15, 0.2) is 12.3 Å². The maximum Gasteiger partial charge on any atom is 0.269 e. The van der Waals surface area contributed by atoms with E-state index < -0.39 is 0 Å². The molecule has 21 heavy (non-hydrogen) atoms. The number of nitrogens with one attached hydrogen (secondary N) is 1. The zero-order valence-electron chi connectivity index (χ0n) is 13.0. The largest absolute Gasteiger partial charge is 0.350 e. The molecule has 1 saturated heterocycles. The highest BCUT2D eigenvalue weighted by molar-refractivity contribution is 5.92. The van der Waals surface area contributed by atoms with Crippen molar-refractivity contribution in [3.63, 3.8) is 0 Å². The van der Waals surface area contributed by atoms with Crippen molar-refractivity contribution in [3.05, 3.63) is 18.0 Å². The average molecular weight is 292 g/mol. The lowest BCUT2D eigenvalue weighted by Crippen LogP contribution is -2.43. The van der Waals surface area contributed by atoms with Crippen molar-refractivity contribution in [1.82, 2.24) is 20.0 Å². The van der Waals surface area contributed by atoms with Crippen LogP contribution in [0, 0.1) is 11.8 Å². The molecule has 2 heterocycles. The number of carbonyl (C=O) groups is 2. The molecule has 6 heteroatoms. The molecule has 1 aromatic heterocycles. The van der Waals surface area contributed by atoms with Crippen LogP contribution in [0.25, 0.3) is 0 Å². The SMILES string of the molecule is C[C@@H]1C[C@H](C)CN(C(=O)CCNC(=O)c2ccnn2C)C1. The summed E-state index contributed by atoms with van der Waals surface area (Å²) in [6.45, 7) is 6.39. The van der Waals surface area contributed by atoms with Crippen LogP contribution >= 0.6 is 0 Å². The second-order valence-electron chi connectivity index (χ2n) is 6.09. The molecule has 0 aliphatic carbocycles. The topological polar surface area (TPSA) is 67.2 Å². The quantitative estimate of drug-likeness (QED) is 0.902. The number of hydrogen-bond donors (Lipinski definition) is 1. The second-order valence-corrected chi connectivity index (χ2v) is 6.09. The summed E-state index contributed by atoms with van der Waals surface area (Å²) in [6, 6.07) is 1.66. The fourth-order valence-electron chi connectivity index (χ4n) is 2.99. The average Bonchev–Trinajstić information content (AvgIpc) is 2.83. The summed E-state index contributed by atoms with van der Waals surface area (Å²) < 4.78 is 1.52. The van der Waals surface area contributed by atoms with Crippen LogP contribution in [0.5, 0.6) is 0 Å². The van der Waals surface area contributed by atoms with E-state index in [1.165, 1.54) is 11.1 Å². The Hall–Kier alpha value is -1.85. The first kappa shape index (κ1) is 15.5. The van der Waals surface area contributed by atoms with E-state index in [0.29, 0.717) is 30.5 Å². The van der Waals surface area contributed by atoms with E-state index in [4.69, 9.17) is 0 Å². The number of aromatic nitrogens is 2. The molecule has 2 rings (SSSR count). The number of aryl methyl sites for hydroxylation is 1. The smallest absolute Gasteiger partial charge is 0.269 e. The van der Waals surface area contributed by atoms with E-state index in [0.717, 1.165) is 13.1 Å². The van der Waals surface area contributed by atoms with Gasteiger partial charge in [0.15, 0.2) is 0 Å². The van der Waals surface area contributed by atoms with Gasteiger partial charge in [0.25, 0.3) is 5.91 Å².